The summed E-state index contributed by atoms with van der Waals surface area (Å²) in [6.45, 7) is 1.76. The van der Waals surface area contributed by atoms with Gasteiger partial charge < -0.3 is 9.64 Å². The number of rotatable bonds is 5. The van der Waals surface area contributed by atoms with Crippen molar-refractivity contribution < 1.29 is 9.53 Å². The maximum absolute atomic E-state index is 12.1. The third-order valence-electron chi connectivity index (χ3n) is 4.24. The number of halogens is 1. The van der Waals surface area contributed by atoms with E-state index in [1.807, 2.05) is 36.4 Å². The second-order valence-electron chi connectivity index (χ2n) is 5.82. The number of hydrogen-bond acceptors (Lipinski definition) is 5. The average molecular weight is 346 g/mol. The summed E-state index contributed by atoms with van der Waals surface area (Å²) in [5, 5.41) is 4.14. The molecule has 126 valence electrons. The van der Waals surface area contributed by atoms with E-state index in [1.165, 1.54) is 7.11 Å². The minimum absolute atomic E-state index is 0.199. The molecule has 0 unspecified atom stereocenters. The fraction of sp³-hybridized carbons (Fsp3) is 0.333. The molecule has 1 saturated heterocycles. The summed E-state index contributed by atoms with van der Waals surface area (Å²) in [5.74, 6) is -0.298. The van der Waals surface area contributed by atoms with Gasteiger partial charge in [-0.1, -0.05) is 17.7 Å². The summed E-state index contributed by atoms with van der Waals surface area (Å²) < 4.78 is 4.94. The van der Waals surface area contributed by atoms with Gasteiger partial charge in [0, 0.05) is 42.2 Å². The number of ether oxygens (including phenoxy) is 1. The molecule has 1 N–H and O–H groups in total. The van der Waals surface area contributed by atoms with Crippen LogP contribution in [0.5, 0.6) is 0 Å². The third-order valence-corrected chi connectivity index (χ3v) is 4.49. The fourth-order valence-corrected chi connectivity index (χ4v) is 3.11. The van der Waals surface area contributed by atoms with Crippen LogP contribution in [0.4, 0.5) is 5.69 Å². The first-order chi connectivity index (χ1) is 11.7. The molecule has 1 fully saturated rings. The van der Waals surface area contributed by atoms with Crippen molar-refractivity contribution in [3.05, 3.63) is 59.4 Å². The van der Waals surface area contributed by atoms with E-state index in [1.54, 1.807) is 12.4 Å². The topological polar surface area (TPSA) is 54.5 Å². The number of aromatic nitrogens is 1. The van der Waals surface area contributed by atoms with E-state index in [4.69, 9.17) is 16.3 Å². The molecule has 5 nitrogen and oxygen atoms in total. The van der Waals surface area contributed by atoms with Crippen LogP contribution in [-0.2, 0) is 9.53 Å². The van der Waals surface area contributed by atoms with Gasteiger partial charge in [0.25, 0.3) is 0 Å². The molecule has 0 saturated carbocycles. The molecule has 0 aliphatic carbocycles. The highest BCUT2D eigenvalue weighted by Crippen LogP contribution is 2.24. The zero-order valence-electron chi connectivity index (χ0n) is 13.5. The Bertz CT molecular complexity index is 678. The summed E-state index contributed by atoms with van der Waals surface area (Å²) >= 11 is 5.95. The molecular formula is C18H20ClN3O2. The Morgan fingerprint density at radius 3 is 2.83 bits per heavy atom. The zero-order chi connectivity index (χ0) is 16.9. The smallest absolute Gasteiger partial charge is 0.327 e. The predicted octanol–water partition coefficient (Wildman–Crippen LogP) is 2.82. The lowest BCUT2D eigenvalue weighted by Crippen LogP contribution is -2.39. The van der Waals surface area contributed by atoms with E-state index in [-0.39, 0.29) is 12.0 Å². The van der Waals surface area contributed by atoms with E-state index in [2.05, 4.69) is 15.2 Å². The average Bonchev–Trinajstić information content (AvgIpc) is 3.09. The Labute approximate surface area is 146 Å². The van der Waals surface area contributed by atoms with Crippen LogP contribution in [0.15, 0.2) is 48.8 Å². The largest absolute Gasteiger partial charge is 0.468 e. The lowest BCUT2D eigenvalue weighted by atomic mass is 10.1. The fourth-order valence-electron chi connectivity index (χ4n) is 2.98. The molecule has 2 heterocycles. The van der Waals surface area contributed by atoms with Gasteiger partial charge in [0.15, 0.2) is 0 Å². The normalized spacial score (nSPS) is 18.4. The minimum atomic E-state index is -0.501. The Morgan fingerprint density at radius 2 is 2.17 bits per heavy atom. The van der Waals surface area contributed by atoms with E-state index in [9.17, 15) is 4.79 Å². The van der Waals surface area contributed by atoms with Crippen molar-refractivity contribution >= 4 is 23.3 Å². The first-order valence-electron chi connectivity index (χ1n) is 7.91. The Hall–Kier alpha value is -2.11. The molecule has 1 aromatic carbocycles. The standard InChI is InChI=1S/C18H20ClN3O2/c1-24-18(23)17(13-3-2-9-20-11-13)21-15-8-10-22(12-15)16-6-4-14(19)5-7-16/h2-7,9,11,15,17,21H,8,10,12H2,1H3/t15-,17-/m1/s1. The van der Waals surface area contributed by atoms with Crippen molar-refractivity contribution in [2.75, 3.05) is 25.1 Å². The van der Waals surface area contributed by atoms with Gasteiger partial charge in [-0.15, -0.1) is 0 Å². The second kappa shape index (κ2) is 7.64. The molecule has 0 radical (unpaired) electrons. The Balaban J connectivity index is 1.68. The van der Waals surface area contributed by atoms with E-state index in [0.717, 1.165) is 35.8 Å². The molecule has 1 aliphatic heterocycles. The molecular weight excluding hydrogens is 326 g/mol. The van der Waals surface area contributed by atoms with Gasteiger partial charge in [-0.25, -0.2) is 4.79 Å². The molecule has 2 aromatic rings. The van der Waals surface area contributed by atoms with E-state index >= 15 is 0 Å². The van der Waals surface area contributed by atoms with Gasteiger partial charge in [-0.2, -0.15) is 0 Å². The summed E-state index contributed by atoms with van der Waals surface area (Å²) in [7, 11) is 1.40. The van der Waals surface area contributed by atoms with Crippen LogP contribution in [0, 0.1) is 0 Å². The van der Waals surface area contributed by atoms with Crippen LogP contribution >= 0.6 is 11.6 Å². The molecule has 1 aromatic heterocycles. The van der Waals surface area contributed by atoms with Crippen LogP contribution in [0.2, 0.25) is 5.02 Å². The summed E-state index contributed by atoms with van der Waals surface area (Å²) in [4.78, 5) is 18.5. The van der Waals surface area contributed by atoms with Crippen molar-refractivity contribution in [2.24, 2.45) is 0 Å². The first kappa shape index (κ1) is 16.7. The van der Waals surface area contributed by atoms with Gasteiger partial charge in [0.1, 0.15) is 6.04 Å². The number of anilines is 1. The molecule has 6 heteroatoms. The van der Waals surface area contributed by atoms with Crippen LogP contribution in [0.25, 0.3) is 0 Å². The SMILES string of the molecule is COC(=O)[C@H](N[C@@H]1CCN(c2ccc(Cl)cc2)C1)c1cccnc1. The summed E-state index contributed by atoms with van der Waals surface area (Å²) in [6, 6.07) is 11.2. The van der Waals surface area contributed by atoms with Crippen molar-refractivity contribution in [2.45, 2.75) is 18.5 Å². The lowest BCUT2D eigenvalue weighted by molar-refractivity contribution is -0.143. The van der Waals surface area contributed by atoms with Crippen molar-refractivity contribution in [3.8, 4) is 0 Å². The number of carbonyl (C=O) groups excluding carboxylic acids is 1. The van der Waals surface area contributed by atoms with Gasteiger partial charge in [0.2, 0.25) is 0 Å². The highest BCUT2D eigenvalue weighted by Gasteiger charge is 2.29. The van der Waals surface area contributed by atoms with Gasteiger partial charge in [0.05, 0.1) is 7.11 Å². The quantitative estimate of drug-likeness (QED) is 0.844. The molecule has 3 rings (SSSR count). The van der Waals surface area contributed by atoms with Crippen LogP contribution < -0.4 is 10.2 Å². The monoisotopic (exact) mass is 345 g/mol. The predicted molar refractivity (Wildman–Crippen MR) is 94.2 cm³/mol. The number of esters is 1. The third kappa shape index (κ3) is 3.86. The number of benzene rings is 1. The Kier molecular flexibility index (Phi) is 5.33. The maximum atomic E-state index is 12.1. The number of hydrogen-bond donors (Lipinski definition) is 1. The number of pyridine rings is 1. The number of nitrogens with zero attached hydrogens (tertiary/aromatic N) is 2. The number of methoxy groups -OCH3 is 1. The van der Waals surface area contributed by atoms with E-state index < -0.39 is 6.04 Å². The number of carbonyl (C=O) groups is 1. The number of nitrogens with one attached hydrogen (secondary N) is 1. The highest BCUT2D eigenvalue weighted by atomic mass is 35.5. The first-order valence-corrected chi connectivity index (χ1v) is 8.29. The van der Waals surface area contributed by atoms with Gasteiger partial charge >= 0.3 is 5.97 Å². The molecule has 24 heavy (non-hydrogen) atoms. The van der Waals surface area contributed by atoms with Gasteiger partial charge in [-0.05, 0) is 42.3 Å². The van der Waals surface area contributed by atoms with Crippen molar-refractivity contribution in [1.82, 2.24) is 10.3 Å². The van der Waals surface area contributed by atoms with Crippen LogP contribution in [-0.4, -0.2) is 37.2 Å². The Morgan fingerprint density at radius 1 is 1.38 bits per heavy atom. The van der Waals surface area contributed by atoms with Crippen molar-refractivity contribution in [3.63, 3.8) is 0 Å². The summed E-state index contributed by atoms with van der Waals surface area (Å²) in [5.41, 5.74) is 1.95. The summed E-state index contributed by atoms with van der Waals surface area (Å²) in [6.07, 6.45) is 4.34. The molecule has 0 spiro atoms. The van der Waals surface area contributed by atoms with Gasteiger partial charge in [-0.3, -0.25) is 10.3 Å². The molecule has 0 bridgehead atoms. The lowest BCUT2D eigenvalue weighted by Gasteiger charge is -2.22. The van der Waals surface area contributed by atoms with E-state index in [0.29, 0.717) is 0 Å². The van der Waals surface area contributed by atoms with Crippen LogP contribution in [0.3, 0.4) is 0 Å². The molecule has 2 atom stereocenters. The minimum Gasteiger partial charge on any atom is -0.468 e. The molecule has 1 aliphatic rings. The van der Waals surface area contributed by atoms with Crippen LogP contribution in [0.1, 0.15) is 18.0 Å². The molecule has 0 amide bonds. The maximum Gasteiger partial charge on any atom is 0.327 e. The highest BCUT2D eigenvalue weighted by molar-refractivity contribution is 6.30. The second-order valence-corrected chi connectivity index (χ2v) is 6.25. The van der Waals surface area contributed by atoms with Crippen molar-refractivity contribution in [1.29, 1.82) is 0 Å². The zero-order valence-corrected chi connectivity index (χ0v) is 14.2.